The Morgan fingerprint density at radius 1 is 1.21 bits per heavy atom. The molecule has 2 saturated heterocycles. The van der Waals surface area contributed by atoms with Crippen LogP contribution >= 0.6 is 0 Å². The maximum Gasteiger partial charge on any atom is 0.414 e. The fourth-order valence-electron chi connectivity index (χ4n) is 3.77. The molecule has 3 amide bonds. The summed E-state index contributed by atoms with van der Waals surface area (Å²) in [6.07, 6.45) is 0.949. The first kappa shape index (κ1) is 19.5. The molecule has 156 valence electrons. The van der Waals surface area contributed by atoms with Gasteiger partial charge in [-0.05, 0) is 31.0 Å². The Morgan fingerprint density at radius 2 is 1.93 bits per heavy atom. The Labute approximate surface area is 168 Å². The molecule has 0 spiro atoms. The van der Waals surface area contributed by atoms with E-state index in [1.54, 1.807) is 12.1 Å². The highest BCUT2D eigenvalue weighted by molar-refractivity contribution is 5.90. The van der Waals surface area contributed by atoms with Gasteiger partial charge in [0.1, 0.15) is 11.9 Å². The average Bonchev–Trinajstić information content (AvgIpc) is 3.48. The summed E-state index contributed by atoms with van der Waals surface area (Å²) in [6.45, 7) is 4.23. The topological polar surface area (TPSA) is 82.2 Å². The highest BCUT2D eigenvalue weighted by Gasteiger charge is 2.35. The van der Waals surface area contributed by atoms with E-state index in [4.69, 9.17) is 4.74 Å². The number of hydrogen-bond acceptors (Lipinski definition) is 5. The summed E-state index contributed by atoms with van der Waals surface area (Å²) < 4.78 is 20.0. The van der Waals surface area contributed by atoms with Crippen LogP contribution in [0.4, 0.5) is 20.6 Å². The molecule has 2 heterocycles. The Kier molecular flexibility index (Phi) is 5.29. The van der Waals surface area contributed by atoms with E-state index in [1.807, 2.05) is 9.80 Å². The molecule has 0 bridgehead atoms. The van der Waals surface area contributed by atoms with E-state index in [0.29, 0.717) is 37.6 Å². The van der Waals surface area contributed by atoms with Crippen molar-refractivity contribution in [2.75, 3.05) is 49.1 Å². The second-order valence-corrected chi connectivity index (χ2v) is 7.78. The van der Waals surface area contributed by atoms with Crippen LogP contribution in [0.1, 0.15) is 19.8 Å². The third-order valence-electron chi connectivity index (χ3n) is 5.55. The van der Waals surface area contributed by atoms with Crippen molar-refractivity contribution in [2.45, 2.75) is 25.9 Å². The largest absolute Gasteiger partial charge is 0.442 e. The van der Waals surface area contributed by atoms with Crippen LogP contribution in [0.15, 0.2) is 18.2 Å². The Morgan fingerprint density at radius 3 is 2.55 bits per heavy atom. The Bertz CT molecular complexity index is 821. The number of anilines is 2. The van der Waals surface area contributed by atoms with E-state index in [0.717, 1.165) is 12.8 Å². The van der Waals surface area contributed by atoms with Crippen molar-refractivity contribution >= 4 is 29.3 Å². The molecule has 1 atom stereocenters. The number of ether oxygens (including phenoxy) is 1. The molecule has 1 aromatic carbocycles. The van der Waals surface area contributed by atoms with Gasteiger partial charge >= 0.3 is 6.09 Å². The molecule has 1 N–H and O–H groups in total. The lowest BCUT2D eigenvalue weighted by atomic mass is 10.2. The van der Waals surface area contributed by atoms with Crippen LogP contribution < -0.4 is 15.1 Å². The lowest BCUT2D eigenvalue weighted by molar-refractivity contribution is -0.132. The second kappa shape index (κ2) is 7.88. The monoisotopic (exact) mass is 404 g/mol. The molecule has 2 aliphatic heterocycles. The molecule has 4 rings (SSSR count). The fourth-order valence-corrected chi connectivity index (χ4v) is 3.77. The predicted molar refractivity (Wildman–Crippen MR) is 104 cm³/mol. The van der Waals surface area contributed by atoms with Crippen LogP contribution in [-0.2, 0) is 14.3 Å². The predicted octanol–water partition coefficient (Wildman–Crippen LogP) is 1.35. The Hall–Kier alpha value is -2.84. The molecule has 3 fully saturated rings. The molecule has 0 unspecified atom stereocenters. The van der Waals surface area contributed by atoms with E-state index in [-0.39, 0.29) is 30.8 Å². The van der Waals surface area contributed by atoms with Gasteiger partial charge < -0.3 is 19.9 Å². The summed E-state index contributed by atoms with van der Waals surface area (Å²) in [4.78, 5) is 40.5. The minimum Gasteiger partial charge on any atom is -0.442 e. The number of hydrogen-bond donors (Lipinski definition) is 1. The number of rotatable bonds is 5. The molecule has 29 heavy (non-hydrogen) atoms. The standard InChI is InChI=1S/C20H25FN4O4/c1-13(26)22-11-16-12-25(20(28)29-16)15-4-5-18(17(21)10-15)23-6-8-24(9-7-23)19(27)14-2-3-14/h4-5,10,14,16H,2-3,6-9,11-12H2,1H3,(H,22,26)/t16-/m0/s1. The molecule has 0 radical (unpaired) electrons. The summed E-state index contributed by atoms with van der Waals surface area (Å²) in [5.74, 6) is -0.189. The number of halogens is 1. The van der Waals surface area contributed by atoms with Crippen molar-refractivity contribution in [1.29, 1.82) is 0 Å². The van der Waals surface area contributed by atoms with Crippen molar-refractivity contribution < 1.29 is 23.5 Å². The van der Waals surface area contributed by atoms with Crippen LogP contribution in [0.5, 0.6) is 0 Å². The third kappa shape index (κ3) is 4.28. The summed E-state index contributed by atoms with van der Waals surface area (Å²) in [7, 11) is 0. The maximum absolute atomic E-state index is 14.8. The maximum atomic E-state index is 14.8. The number of amides is 3. The van der Waals surface area contributed by atoms with Gasteiger partial charge in [0.05, 0.1) is 24.5 Å². The van der Waals surface area contributed by atoms with Gasteiger partial charge in [0.15, 0.2) is 0 Å². The van der Waals surface area contributed by atoms with Crippen molar-refractivity contribution in [3.63, 3.8) is 0 Å². The highest BCUT2D eigenvalue weighted by atomic mass is 19.1. The second-order valence-electron chi connectivity index (χ2n) is 7.78. The van der Waals surface area contributed by atoms with Crippen LogP contribution in [0, 0.1) is 11.7 Å². The van der Waals surface area contributed by atoms with Crippen LogP contribution in [0.25, 0.3) is 0 Å². The lowest BCUT2D eigenvalue weighted by Gasteiger charge is -2.36. The van der Waals surface area contributed by atoms with E-state index < -0.39 is 18.0 Å². The fraction of sp³-hybridized carbons (Fsp3) is 0.550. The number of cyclic esters (lactones) is 1. The molecule has 0 aromatic heterocycles. The zero-order chi connectivity index (χ0) is 20.5. The van der Waals surface area contributed by atoms with Gasteiger partial charge in [-0.3, -0.25) is 14.5 Å². The lowest BCUT2D eigenvalue weighted by Crippen LogP contribution is -2.49. The van der Waals surface area contributed by atoms with E-state index >= 15 is 0 Å². The molecular formula is C20H25FN4O4. The molecule has 1 aliphatic carbocycles. The van der Waals surface area contributed by atoms with Gasteiger partial charge in [0.25, 0.3) is 0 Å². The van der Waals surface area contributed by atoms with Crippen LogP contribution in [0.2, 0.25) is 0 Å². The average molecular weight is 404 g/mol. The zero-order valence-corrected chi connectivity index (χ0v) is 16.4. The third-order valence-corrected chi connectivity index (χ3v) is 5.55. The van der Waals surface area contributed by atoms with Crippen molar-refractivity contribution in [2.24, 2.45) is 5.92 Å². The number of piperazine rings is 1. The van der Waals surface area contributed by atoms with Gasteiger partial charge in [0, 0.05) is 39.0 Å². The highest BCUT2D eigenvalue weighted by Crippen LogP contribution is 2.32. The van der Waals surface area contributed by atoms with Gasteiger partial charge in [-0.1, -0.05) is 0 Å². The van der Waals surface area contributed by atoms with Gasteiger partial charge in [0.2, 0.25) is 11.8 Å². The summed E-state index contributed by atoms with van der Waals surface area (Å²) >= 11 is 0. The quantitative estimate of drug-likeness (QED) is 0.801. The number of carbonyl (C=O) groups is 3. The van der Waals surface area contributed by atoms with Crippen LogP contribution in [-0.4, -0.2) is 68.2 Å². The van der Waals surface area contributed by atoms with Crippen LogP contribution in [0.3, 0.4) is 0 Å². The minimum atomic E-state index is -0.556. The SMILES string of the molecule is CC(=O)NC[C@H]1CN(c2ccc(N3CCN(C(=O)C4CC4)CC3)c(F)c2)C(=O)O1. The first-order valence-electron chi connectivity index (χ1n) is 9.98. The number of nitrogens with zero attached hydrogens (tertiary/aromatic N) is 3. The number of carbonyl (C=O) groups excluding carboxylic acids is 3. The van der Waals surface area contributed by atoms with Gasteiger partial charge in [-0.15, -0.1) is 0 Å². The van der Waals surface area contributed by atoms with Gasteiger partial charge in [-0.2, -0.15) is 0 Å². The van der Waals surface area contributed by atoms with E-state index in [1.165, 1.54) is 17.9 Å². The minimum absolute atomic E-state index is 0.200. The molecular weight excluding hydrogens is 379 g/mol. The first-order valence-corrected chi connectivity index (χ1v) is 9.98. The summed E-state index contributed by atoms with van der Waals surface area (Å²) in [5.41, 5.74) is 0.888. The first-order chi connectivity index (χ1) is 13.9. The normalized spacial score (nSPS) is 21.9. The molecule has 9 heteroatoms. The van der Waals surface area contributed by atoms with Gasteiger partial charge in [-0.25, -0.2) is 9.18 Å². The van der Waals surface area contributed by atoms with Crippen molar-refractivity contribution in [3.05, 3.63) is 24.0 Å². The van der Waals surface area contributed by atoms with E-state index in [2.05, 4.69) is 5.32 Å². The smallest absolute Gasteiger partial charge is 0.414 e. The summed E-state index contributed by atoms with van der Waals surface area (Å²) in [5, 5.41) is 2.61. The summed E-state index contributed by atoms with van der Waals surface area (Å²) in [6, 6.07) is 4.69. The zero-order valence-electron chi connectivity index (χ0n) is 16.4. The number of benzene rings is 1. The van der Waals surface area contributed by atoms with Crippen molar-refractivity contribution in [1.82, 2.24) is 10.2 Å². The van der Waals surface area contributed by atoms with E-state index in [9.17, 15) is 18.8 Å². The molecule has 1 aromatic rings. The molecule has 3 aliphatic rings. The molecule has 8 nitrogen and oxygen atoms in total. The van der Waals surface area contributed by atoms with Crippen molar-refractivity contribution in [3.8, 4) is 0 Å². The Balaban J connectivity index is 1.37. The number of nitrogens with one attached hydrogen (secondary N) is 1. The molecule has 1 saturated carbocycles.